The normalized spacial score (nSPS) is 10.7. The summed E-state index contributed by atoms with van der Waals surface area (Å²) >= 11 is 0. The van der Waals surface area contributed by atoms with Crippen LogP contribution in [0, 0.1) is 12.7 Å². The fourth-order valence-corrected chi connectivity index (χ4v) is 1.87. The Hall–Kier alpha value is -2.76. The molecule has 0 fully saturated rings. The van der Waals surface area contributed by atoms with Gasteiger partial charge in [-0.15, -0.1) is 0 Å². The monoisotopic (exact) mass is 271 g/mol. The molecule has 0 aliphatic heterocycles. The zero-order chi connectivity index (χ0) is 14.1. The molecule has 1 aromatic carbocycles. The van der Waals surface area contributed by atoms with Crippen LogP contribution in [0.3, 0.4) is 0 Å². The van der Waals surface area contributed by atoms with E-state index in [2.05, 4.69) is 15.1 Å². The molecule has 2 heterocycles. The lowest BCUT2D eigenvalue weighted by Gasteiger charge is -1.97. The number of hydrogen-bond donors (Lipinski definition) is 1. The summed E-state index contributed by atoms with van der Waals surface area (Å²) in [4.78, 5) is 8.01. The lowest BCUT2D eigenvalue weighted by Crippen LogP contribution is -1.85. The van der Waals surface area contributed by atoms with Gasteiger partial charge in [0.15, 0.2) is 0 Å². The van der Waals surface area contributed by atoms with E-state index in [4.69, 9.17) is 4.52 Å². The largest absolute Gasteiger partial charge is 0.506 e. The molecule has 0 radical (unpaired) electrons. The quantitative estimate of drug-likeness (QED) is 0.775. The lowest BCUT2D eigenvalue weighted by atomic mass is 10.1. The van der Waals surface area contributed by atoms with Crippen LogP contribution in [0.2, 0.25) is 0 Å². The molecule has 5 nitrogen and oxygen atoms in total. The summed E-state index contributed by atoms with van der Waals surface area (Å²) in [5, 5.41) is 13.2. The van der Waals surface area contributed by atoms with Crippen molar-refractivity contribution in [3.63, 3.8) is 0 Å². The number of aryl methyl sites for hydroxylation is 1. The molecule has 0 aliphatic rings. The molecule has 100 valence electrons. The standard InChI is InChI=1S/C14H10FN3O2/c1-8-2-9(4-11(15)3-8)13-17-14(20-18-13)10-5-12(19)7-16-6-10/h2-7,19H,1H3. The average Bonchev–Trinajstić information content (AvgIpc) is 2.87. The van der Waals surface area contributed by atoms with Crippen molar-refractivity contribution in [2.75, 3.05) is 0 Å². The molecule has 6 heteroatoms. The Morgan fingerprint density at radius 2 is 1.95 bits per heavy atom. The van der Waals surface area contributed by atoms with Crippen molar-refractivity contribution < 1.29 is 14.0 Å². The van der Waals surface area contributed by atoms with Crippen molar-refractivity contribution in [1.29, 1.82) is 0 Å². The second kappa shape index (κ2) is 4.73. The second-order valence-electron chi connectivity index (χ2n) is 4.37. The number of aromatic hydroxyl groups is 1. The zero-order valence-electron chi connectivity index (χ0n) is 10.5. The third-order valence-corrected chi connectivity index (χ3v) is 2.70. The number of rotatable bonds is 2. The lowest BCUT2D eigenvalue weighted by molar-refractivity contribution is 0.431. The Morgan fingerprint density at radius 3 is 2.70 bits per heavy atom. The van der Waals surface area contributed by atoms with Gasteiger partial charge in [0.1, 0.15) is 11.6 Å². The van der Waals surface area contributed by atoms with Crippen molar-refractivity contribution in [3.05, 3.63) is 48.0 Å². The second-order valence-corrected chi connectivity index (χ2v) is 4.37. The average molecular weight is 271 g/mol. The van der Waals surface area contributed by atoms with Gasteiger partial charge in [0.2, 0.25) is 5.82 Å². The van der Waals surface area contributed by atoms with Crippen LogP contribution in [0.5, 0.6) is 5.75 Å². The molecule has 20 heavy (non-hydrogen) atoms. The first-order chi connectivity index (χ1) is 9.61. The van der Waals surface area contributed by atoms with Crippen molar-refractivity contribution in [1.82, 2.24) is 15.1 Å². The van der Waals surface area contributed by atoms with Crippen LogP contribution in [0.4, 0.5) is 4.39 Å². The van der Waals surface area contributed by atoms with Gasteiger partial charge in [-0.2, -0.15) is 4.98 Å². The van der Waals surface area contributed by atoms with Gasteiger partial charge in [-0.05, 0) is 36.8 Å². The van der Waals surface area contributed by atoms with E-state index < -0.39 is 0 Å². The van der Waals surface area contributed by atoms with E-state index in [1.54, 1.807) is 13.0 Å². The number of nitrogens with zero attached hydrogens (tertiary/aromatic N) is 3. The van der Waals surface area contributed by atoms with Crippen LogP contribution in [-0.2, 0) is 0 Å². The van der Waals surface area contributed by atoms with Crippen LogP contribution in [-0.4, -0.2) is 20.2 Å². The zero-order valence-corrected chi connectivity index (χ0v) is 10.5. The Bertz CT molecular complexity index is 750. The Morgan fingerprint density at radius 1 is 1.10 bits per heavy atom. The predicted octanol–water partition coefficient (Wildman–Crippen LogP) is 2.95. The maximum Gasteiger partial charge on any atom is 0.259 e. The fourth-order valence-electron chi connectivity index (χ4n) is 1.87. The van der Waals surface area contributed by atoms with Gasteiger partial charge in [0.25, 0.3) is 5.89 Å². The van der Waals surface area contributed by atoms with E-state index in [9.17, 15) is 9.50 Å². The highest BCUT2D eigenvalue weighted by atomic mass is 19.1. The number of benzene rings is 1. The summed E-state index contributed by atoms with van der Waals surface area (Å²) in [5.74, 6) is 0.144. The highest BCUT2D eigenvalue weighted by Gasteiger charge is 2.12. The molecule has 0 atom stereocenters. The molecule has 2 aromatic heterocycles. The summed E-state index contributed by atoms with van der Waals surface area (Å²) in [7, 11) is 0. The Balaban J connectivity index is 2.02. The number of pyridine rings is 1. The van der Waals surface area contributed by atoms with E-state index in [1.807, 2.05) is 0 Å². The van der Waals surface area contributed by atoms with Gasteiger partial charge in [0, 0.05) is 11.8 Å². The van der Waals surface area contributed by atoms with Crippen LogP contribution >= 0.6 is 0 Å². The molecule has 0 aliphatic carbocycles. The van der Waals surface area contributed by atoms with Gasteiger partial charge in [-0.25, -0.2) is 4.39 Å². The molecule has 0 saturated carbocycles. The first-order valence-electron chi connectivity index (χ1n) is 5.87. The van der Waals surface area contributed by atoms with Crippen LogP contribution < -0.4 is 0 Å². The maximum atomic E-state index is 13.4. The number of halogens is 1. The first-order valence-corrected chi connectivity index (χ1v) is 5.87. The minimum atomic E-state index is -0.356. The van der Waals surface area contributed by atoms with E-state index in [1.165, 1.54) is 30.6 Å². The summed E-state index contributed by atoms with van der Waals surface area (Å²) in [5.41, 5.74) is 1.80. The highest BCUT2D eigenvalue weighted by molar-refractivity contribution is 5.60. The van der Waals surface area contributed by atoms with Crippen LogP contribution in [0.1, 0.15) is 5.56 Å². The molecule has 0 spiro atoms. The molecule has 0 saturated heterocycles. The molecular weight excluding hydrogens is 261 g/mol. The minimum absolute atomic E-state index is 0.00356. The SMILES string of the molecule is Cc1cc(F)cc(-c2noc(-c3cncc(O)c3)n2)c1. The topological polar surface area (TPSA) is 72.0 Å². The molecule has 0 unspecified atom stereocenters. The first kappa shape index (κ1) is 12.3. The summed E-state index contributed by atoms with van der Waals surface area (Å²) < 4.78 is 18.5. The molecule has 3 rings (SSSR count). The Labute approximate surface area is 113 Å². The third-order valence-electron chi connectivity index (χ3n) is 2.70. The summed E-state index contributed by atoms with van der Waals surface area (Å²) in [6.07, 6.45) is 2.80. The van der Waals surface area contributed by atoms with Gasteiger partial charge >= 0.3 is 0 Å². The van der Waals surface area contributed by atoms with Gasteiger partial charge < -0.3 is 9.63 Å². The van der Waals surface area contributed by atoms with Crippen LogP contribution in [0.15, 0.2) is 41.2 Å². The van der Waals surface area contributed by atoms with E-state index in [0.717, 1.165) is 5.56 Å². The van der Waals surface area contributed by atoms with E-state index in [0.29, 0.717) is 11.1 Å². The Kier molecular flexibility index (Phi) is 2.90. The number of hydrogen-bond acceptors (Lipinski definition) is 5. The predicted molar refractivity (Wildman–Crippen MR) is 69.3 cm³/mol. The van der Waals surface area contributed by atoms with Crippen molar-refractivity contribution in [3.8, 4) is 28.6 Å². The van der Waals surface area contributed by atoms with Crippen molar-refractivity contribution in [2.45, 2.75) is 6.92 Å². The summed E-state index contributed by atoms with van der Waals surface area (Å²) in [6, 6.07) is 5.98. The van der Waals surface area contributed by atoms with E-state index >= 15 is 0 Å². The molecule has 3 aromatic rings. The van der Waals surface area contributed by atoms with E-state index in [-0.39, 0.29) is 23.3 Å². The van der Waals surface area contributed by atoms with Gasteiger partial charge in [-0.1, -0.05) is 5.16 Å². The summed E-state index contributed by atoms with van der Waals surface area (Å²) in [6.45, 7) is 1.78. The smallest absolute Gasteiger partial charge is 0.259 e. The fraction of sp³-hybridized carbons (Fsp3) is 0.0714. The highest BCUT2D eigenvalue weighted by Crippen LogP contribution is 2.24. The third kappa shape index (κ3) is 2.35. The van der Waals surface area contributed by atoms with Gasteiger partial charge in [-0.3, -0.25) is 4.98 Å². The van der Waals surface area contributed by atoms with Crippen LogP contribution in [0.25, 0.3) is 22.8 Å². The molecule has 1 N–H and O–H groups in total. The maximum absolute atomic E-state index is 13.4. The molecule has 0 amide bonds. The molecule has 0 bridgehead atoms. The van der Waals surface area contributed by atoms with Crippen molar-refractivity contribution >= 4 is 0 Å². The minimum Gasteiger partial charge on any atom is -0.506 e. The van der Waals surface area contributed by atoms with Crippen molar-refractivity contribution in [2.24, 2.45) is 0 Å². The van der Waals surface area contributed by atoms with Gasteiger partial charge in [0.05, 0.1) is 11.8 Å². The number of aromatic nitrogens is 3. The molecular formula is C14H10FN3O2.